The van der Waals surface area contributed by atoms with Gasteiger partial charge in [0.05, 0.1) is 12.2 Å². The van der Waals surface area contributed by atoms with Gasteiger partial charge >= 0.3 is 11.9 Å². The molecular formula is C13H14F2O4. The number of ether oxygens (including phenoxy) is 1. The monoisotopic (exact) mass is 272 g/mol. The summed E-state index contributed by atoms with van der Waals surface area (Å²) < 4.78 is 30.5. The predicted octanol–water partition coefficient (Wildman–Crippen LogP) is 2.82. The molecule has 0 unspecified atom stereocenters. The number of hydrogen-bond acceptors (Lipinski definition) is 3. The minimum atomic E-state index is -2.82. The third-order valence-corrected chi connectivity index (χ3v) is 2.51. The lowest BCUT2D eigenvalue weighted by Gasteiger charge is -2.12. The lowest BCUT2D eigenvalue weighted by Crippen LogP contribution is -2.13. The normalized spacial score (nSPS) is 10.5. The zero-order valence-corrected chi connectivity index (χ0v) is 10.4. The number of esters is 1. The molecule has 0 amide bonds. The van der Waals surface area contributed by atoms with Crippen LogP contribution in [0.25, 0.3) is 0 Å². The minimum Gasteiger partial charge on any atom is -0.481 e. The molecule has 19 heavy (non-hydrogen) atoms. The summed E-state index contributed by atoms with van der Waals surface area (Å²) in [6.07, 6.45) is -3.05. The molecule has 0 aliphatic carbocycles. The second kappa shape index (κ2) is 6.82. The molecule has 1 rings (SSSR count). The number of aliphatic carboxylic acids is 1. The topological polar surface area (TPSA) is 63.6 Å². The Morgan fingerprint density at radius 2 is 2.05 bits per heavy atom. The van der Waals surface area contributed by atoms with E-state index in [0.29, 0.717) is 0 Å². The molecule has 0 spiro atoms. The number of halogens is 2. The highest BCUT2D eigenvalue weighted by Crippen LogP contribution is 2.27. The van der Waals surface area contributed by atoms with E-state index in [0.717, 1.165) is 6.07 Å². The van der Waals surface area contributed by atoms with Crippen molar-refractivity contribution in [1.82, 2.24) is 0 Å². The van der Waals surface area contributed by atoms with Gasteiger partial charge in [0.1, 0.15) is 0 Å². The van der Waals surface area contributed by atoms with Gasteiger partial charge in [0.15, 0.2) is 0 Å². The van der Waals surface area contributed by atoms with E-state index in [4.69, 9.17) is 9.84 Å². The lowest BCUT2D eigenvalue weighted by atomic mass is 9.97. The van der Waals surface area contributed by atoms with Crippen LogP contribution in [0.1, 0.15) is 41.3 Å². The first-order valence-electron chi connectivity index (χ1n) is 5.76. The summed E-state index contributed by atoms with van der Waals surface area (Å²) in [6, 6.07) is 3.98. The molecule has 1 N–H and O–H groups in total. The lowest BCUT2D eigenvalue weighted by molar-refractivity contribution is -0.136. The highest BCUT2D eigenvalue weighted by molar-refractivity contribution is 5.93. The van der Waals surface area contributed by atoms with Gasteiger partial charge in [-0.25, -0.2) is 13.6 Å². The van der Waals surface area contributed by atoms with E-state index in [2.05, 4.69) is 0 Å². The summed E-state index contributed by atoms with van der Waals surface area (Å²) in [6.45, 7) is 1.63. The molecule has 0 saturated heterocycles. The maximum absolute atomic E-state index is 12.9. The van der Waals surface area contributed by atoms with E-state index in [1.165, 1.54) is 12.1 Å². The van der Waals surface area contributed by atoms with Crippen LogP contribution >= 0.6 is 0 Å². The summed E-state index contributed by atoms with van der Waals surface area (Å²) in [5.41, 5.74) is -0.388. The number of carbonyl (C=O) groups excluding carboxylic acids is 1. The predicted molar refractivity (Wildman–Crippen MR) is 63.3 cm³/mol. The highest BCUT2D eigenvalue weighted by atomic mass is 19.3. The molecule has 1 aromatic rings. The van der Waals surface area contributed by atoms with Crippen molar-refractivity contribution < 1.29 is 28.2 Å². The standard InChI is InChI=1S/C13H14F2O4/c1-2-19-13(18)11-8(6-7-10(16)17)4-3-5-9(11)12(14)15/h3-5,12H,2,6-7H2,1H3,(H,16,17). The summed E-state index contributed by atoms with van der Waals surface area (Å²) >= 11 is 0. The van der Waals surface area contributed by atoms with Crippen molar-refractivity contribution in [2.45, 2.75) is 26.2 Å². The summed E-state index contributed by atoms with van der Waals surface area (Å²) in [5.74, 6) is -1.91. The van der Waals surface area contributed by atoms with Crippen LogP contribution in [-0.4, -0.2) is 23.7 Å². The summed E-state index contributed by atoms with van der Waals surface area (Å²) in [5, 5.41) is 8.62. The Morgan fingerprint density at radius 1 is 1.37 bits per heavy atom. The molecule has 104 valence electrons. The molecule has 0 heterocycles. The number of benzene rings is 1. The van der Waals surface area contributed by atoms with Crippen LogP contribution in [0.5, 0.6) is 0 Å². The summed E-state index contributed by atoms with van der Waals surface area (Å²) in [7, 11) is 0. The SMILES string of the molecule is CCOC(=O)c1c(CCC(=O)O)cccc1C(F)F. The fourth-order valence-electron chi connectivity index (χ4n) is 1.70. The third kappa shape index (κ3) is 4.01. The molecule has 0 atom stereocenters. The second-order valence-electron chi connectivity index (χ2n) is 3.80. The molecule has 1 aromatic carbocycles. The van der Waals surface area contributed by atoms with Crippen LogP contribution in [0.15, 0.2) is 18.2 Å². The number of carboxylic acid groups (broad SMARTS) is 1. The van der Waals surface area contributed by atoms with Crippen LogP contribution in [0.2, 0.25) is 0 Å². The molecule has 0 aromatic heterocycles. The van der Waals surface area contributed by atoms with Gasteiger partial charge in [-0.05, 0) is 18.9 Å². The average Bonchev–Trinajstić information content (AvgIpc) is 2.35. The Hall–Kier alpha value is -1.98. The number of carboxylic acids is 1. The van der Waals surface area contributed by atoms with Crippen LogP contribution in [-0.2, 0) is 16.0 Å². The van der Waals surface area contributed by atoms with Crippen molar-refractivity contribution in [3.05, 3.63) is 34.9 Å². The van der Waals surface area contributed by atoms with Crippen molar-refractivity contribution in [2.75, 3.05) is 6.61 Å². The number of alkyl halides is 2. The van der Waals surface area contributed by atoms with Crippen molar-refractivity contribution in [3.8, 4) is 0 Å². The maximum Gasteiger partial charge on any atom is 0.338 e. The van der Waals surface area contributed by atoms with Crippen molar-refractivity contribution in [1.29, 1.82) is 0 Å². The molecule has 6 heteroatoms. The molecular weight excluding hydrogens is 258 g/mol. The molecule has 0 saturated carbocycles. The Balaban J connectivity index is 3.17. The quantitative estimate of drug-likeness (QED) is 0.809. The van der Waals surface area contributed by atoms with Crippen molar-refractivity contribution in [3.63, 3.8) is 0 Å². The van der Waals surface area contributed by atoms with Crippen molar-refractivity contribution in [2.24, 2.45) is 0 Å². The van der Waals surface area contributed by atoms with E-state index in [9.17, 15) is 18.4 Å². The fraction of sp³-hybridized carbons (Fsp3) is 0.385. The molecule has 0 fully saturated rings. The first kappa shape index (κ1) is 15.1. The van der Waals surface area contributed by atoms with E-state index in [1.807, 2.05) is 0 Å². The molecule has 0 bridgehead atoms. The zero-order valence-electron chi connectivity index (χ0n) is 10.4. The maximum atomic E-state index is 12.9. The van der Waals surface area contributed by atoms with E-state index >= 15 is 0 Å². The van der Waals surface area contributed by atoms with Gasteiger partial charge in [-0.15, -0.1) is 0 Å². The first-order chi connectivity index (χ1) is 8.97. The highest BCUT2D eigenvalue weighted by Gasteiger charge is 2.22. The van der Waals surface area contributed by atoms with Gasteiger partial charge in [0, 0.05) is 12.0 Å². The third-order valence-electron chi connectivity index (χ3n) is 2.51. The zero-order chi connectivity index (χ0) is 14.4. The van der Waals surface area contributed by atoms with E-state index in [1.54, 1.807) is 6.92 Å². The van der Waals surface area contributed by atoms with Crippen LogP contribution in [0, 0.1) is 0 Å². The van der Waals surface area contributed by atoms with E-state index < -0.39 is 23.9 Å². The molecule has 0 aliphatic rings. The van der Waals surface area contributed by atoms with Crippen LogP contribution in [0.3, 0.4) is 0 Å². The molecule has 0 aliphatic heterocycles. The first-order valence-corrected chi connectivity index (χ1v) is 5.76. The smallest absolute Gasteiger partial charge is 0.338 e. The van der Waals surface area contributed by atoms with Gasteiger partial charge in [0.25, 0.3) is 6.43 Å². The van der Waals surface area contributed by atoms with Crippen LogP contribution < -0.4 is 0 Å². The number of rotatable bonds is 6. The largest absolute Gasteiger partial charge is 0.481 e. The van der Waals surface area contributed by atoms with Gasteiger partial charge in [-0.1, -0.05) is 18.2 Å². The Kier molecular flexibility index (Phi) is 5.41. The minimum absolute atomic E-state index is 0.00401. The number of carbonyl (C=O) groups is 2. The summed E-state index contributed by atoms with van der Waals surface area (Å²) in [4.78, 5) is 22.3. The number of aryl methyl sites for hydroxylation is 1. The second-order valence-corrected chi connectivity index (χ2v) is 3.80. The Bertz CT molecular complexity index is 472. The van der Waals surface area contributed by atoms with Gasteiger partial charge < -0.3 is 9.84 Å². The van der Waals surface area contributed by atoms with E-state index in [-0.39, 0.29) is 30.6 Å². The number of hydrogen-bond donors (Lipinski definition) is 1. The Morgan fingerprint density at radius 3 is 2.58 bits per heavy atom. The van der Waals surface area contributed by atoms with Gasteiger partial charge in [-0.2, -0.15) is 0 Å². The van der Waals surface area contributed by atoms with Crippen molar-refractivity contribution >= 4 is 11.9 Å². The fourth-order valence-corrected chi connectivity index (χ4v) is 1.70. The average molecular weight is 272 g/mol. The van der Waals surface area contributed by atoms with Crippen LogP contribution in [0.4, 0.5) is 8.78 Å². The van der Waals surface area contributed by atoms with Gasteiger partial charge in [0.2, 0.25) is 0 Å². The molecule has 4 nitrogen and oxygen atoms in total. The molecule has 0 radical (unpaired) electrons. The van der Waals surface area contributed by atoms with Gasteiger partial charge in [-0.3, -0.25) is 4.79 Å². The Labute approximate surface area is 109 Å².